The van der Waals surface area contributed by atoms with Crippen molar-refractivity contribution in [2.45, 2.75) is 19.3 Å². The van der Waals surface area contributed by atoms with Crippen LogP contribution in [0.1, 0.15) is 24.0 Å². The summed E-state index contributed by atoms with van der Waals surface area (Å²) in [4.78, 5) is 12.2. The van der Waals surface area contributed by atoms with Crippen LogP contribution >= 0.6 is 23.2 Å². The van der Waals surface area contributed by atoms with Crippen LogP contribution in [0.15, 0.2) is 48.5 Å². The minimum Gasteiger partial charge on any atom is -0.466 e. The lowest BCUT2D eigenvalue weighted by atomic mass is 9.92. The molecule has 0 heterocycles. The SMILES string of the molecule is CCOC(=O)C(Cc1ccc(Cl)cc1)c1ccc(Cl)cc1. The maximum atomic E-state index is 12.2. The largest absolute Gasteiger partial charge is 0.466 e. The van der Waals surface area contributed by atoms with E-state index in [1.165, 1.54) is 0 Å². The van der Waals surface area contributed by atoms with E-state index in [1.807, 2.05) is 36.4 Å². The van der Waals surface area contributed by atoms with Gasteiger partial charge in [0.1, 0.15) is 0 Å². The number of hydrogen-bond donors (Lipinski definition) is 0. The first-order chi connectivity index (χ1) is 10.1. The van der Waals surface area contributed by atoms with Crippen molar-refractivity contribution in [2.24, 2.45) is 0 Å². The molecule has 0 saturated carbocycles. The summed E-state index contributed by atoms with van der Waals surface area (Å²) in [5.74, 6) is -0.571. The number of hydrogen-bond acceptors (Lipinski definition) is 2. The number of halogens is 2. The number of benzene rings is 2. The second kappa shape index (κ2) is 7.48. The van der Waals surface area contributed by atoms with Gasteiger partial charge in [-0.3, -0.25) is 4.79 Å². The van der Waals surface area contributed by atoms with Gasteiger partial charge < -0.3 is 4.74 Å². The van der Waals surface area contributed by atoms with E-state index in [-0.39, 0.29) is 11.9 Å². The molecule has 0 aliphatic heterocycles. The van der Waals surface area contributed by atoms with Crippen molar-refractivity contribution < 1.29 is 9.53 Å². The van der Waals surface area contributed by atoms with Gasteiger partial charge in [-0.05, 0) is 48.7 Å². The fourth-order valence-electron chi connectivity index (χ4n) is 2.13. The summed E-state index contributed by atoms with van der Waals surface area (Å²) in [5.41, 5.74) is 1.93. The van der Waals surface area contributed by atoms with E-state index in [2.05, 4.69) is 0 Å². The first-order valence-corrected chi connectivity index (χ1v) is 7.52. The predicted octanol–water partition coefficient (Wildman–Crippen LogP) is 4.88. The van der Waals surface area contributed by atoms with Crippen molar-refractivity contribution in [3.8, 4) is 0 Å². The Kier molecular flexibility index (Phi) is 5.66. The van der Waals surface area contributed by atoms with E-state index in [1.54, 1.807) is 19.1 Å². The zero-order valence-electron chi connectivity index (χ0n) is 11.7. The highest BCUT2D eigenvalue weighted by atomic mass is 35.5. The van der Waals surface area contributed by atoms with Crippen LogP contribution < -0.4 is 0 Å². The molecular weight excluding hydrogens is 307 g/mol. The van der Waals surface area contributed by atoms with Crippen LogP contribution in [0.25, 0.3) is 0 Å². The fraction of sp³-hybridized carbons (Fsp3) is 0.235. The van der Waals surface area contributed by atoms with Crippen molar-refractivity contribution in [2.75, 3.05) is 6.61 Å². The van der Waals surface area contributed by atoms with Crippen molar-refractivity contribution in [3.05, 3.63) is 69.7 Å². The second-order valence-electron chi connectivity index (χ2n) is 4.69. The number of carbonyl (C=O) groups excluding carboxylic acids is 1. The van der Waals surface area contributed by atoms with Crippen LogP contribution in [-0.2, 0) is 16.0 Å². The molecule has 0 amide bonds. The summed E-state index contributed by atoms with van der Waals surface area (Å²) in [6.07, 6.45) is 0.567. The van der Waals surface area contributed by atoms with Gasteiger partial charge in [-0.15, -0.1) is 0 Å². The van der Waals surface area contributed by atoms with Crippen molar-refractivity contribution in [3.63, 3.8) is 0 Å². The van der Waals surface area contributed by atoms with Gasteiger partial charge in [0.05, 0.1) is 12.5 Å². The van der Waals surface area contributed by atoms with Crippen molar-refractivity contribution >= 4 is 29.2 Å². The van der Waals surface area contributed by atoms with Gasteiger partial charge in [0.15, 0.2) is 0 Å². The molecule has 2 rings (SSSR count). The molecule has 0 N–H and O–H groups in total. The second-order valence-corrected chi connectivity index (χ2v) is 5.56. The fourth-order valence-corrected chi connectivity index (χ4v) is 2.38. The van der Waals surface area contributed by atoms with Crippen LogP contribution in [0, 0.1) is 0 Å². The highest BCUT2D eigenvalue weighted by Crippen LogP contribution is 2.25. The average Bonchev–Trinajstić information content (AvgIpc) is 2.48. The molecule has 2 aromatic carbocycles. The summed E-state index contributed by atoms with van der Waals surface area (Å²) in [5, 5.41) is 1.32. The van der Waals surface area contributed by atoms with Crippen molar-refractivity contribution in [1.82, 2.24) is 0 Å². The molecule has 0 aliphatic rings. The molecular formula is C17H16Cl2O2. The highest BCUT2D eigenvalue weighted by molar-refractivity contribution is 6.30. The molecule has 0 aliphatic carbocycles. The Labute approximate surface area is 134 Å². The zero-order valence-corrected chi connectivity index (χ0v) is 13.2. The third-order valence-electron chi connectivity index (χ3n) is 3.20. The van der Waals surface area contributed by atoms with Crippen LogP contribution in [0.3, 0.4) is 0 Å². The molecule has 1 unspecified atom stereocenters. The van der Waals surface area contributed by atoms with Crippen LogP contribution in [0.2, 0.25) is 10.0 Å². The van der Waals surface area contributed by atoms with Gasteiger partial charge in [-0.2, -0.15) is 0 Å². The summed E-state index contributed by atoms with van der Waals surface area (Å²) in [6.45, 7) is 2.17. The zero-order chi connectivity index (χ0) is 15.2. The Morgan fingerprint density at radius 3 is 2.05 bits per heavy atom. The number of carbonyl (C=O) groups is 1. The monoisotopic (exact) mass is 322 g/mol. The first-order valence-electron chi connectivity index (χ1n) is 6.76. The highest BCUT2D eigenvalue weighted by Gasteiger charge is 2.22. The van der Waals surface area contributed by atoms with Gasteiger partial charge in [-0.1, -0.05) is 47.5 Å². The normalized spacial score (nSPS) is 12.0. The number of esters is 1. The predicted molar refractivity (Wildman–Crippen MR) is 86.0 cm³/mol. The maximum Gasteiger partial charge on any atom is 0.313 e. The van der Waals surface area contributed by atoms with E-state index in [4.69, 9.17) is 27.9 Å². The van der Waals surface area contributed by atoms with Crippen LogP contribution in [0.5, 0.6) is 0 Å². The number of rotatable bonds is 5. The molecule has 1 atom stereocenters. The molecule has 0 bridgehead atoms. The third kappa shape index (κ3) is 4.48. The smallest absolute Gasteiger partial charge is 0.313 e. The van der Waals surface area contributed by atoms with E-state index < -0.39 is 0 Å². The molecule has 21 heavy (non-hydrogen) atoms. The van der Waals surface area contributed by atoms with Crippen molar-refractivity contribution in [1.29, 1.82) is 0 Å². The Morgan fingerprint density at radius 2 is 1.52 bits per heavy atom. The molecule has 0 fully saturated rings. The lowest BCUT2D eigenvalue weighted by molar-refractivity contribution is -0.144. The topological polar surface area (TPSA) is 26.3 Å². The molecule has 0 saturated heterocycles. The maximum absolute atomic E-state index is 12.2. The van der Waals surface area contributed by atoms with Crippen LogP contribution in [0.4, 0.5) is 0 Å². The minimum atomic E-state index is -0.344. The molecule has 4 heteroatoms. The Hall–Kier alpha value is -1.51. The Bertz CT molecular complexity index is 591. The first kappa shape index (κ1) is 15.9. The van der Waals surface area contributed by atoms with Gasteiger partial charge in [0.25, 0.3) is 0 Å². The average molecular weight is 323 g/mol. The summed E-state index contributed by atoms with van der Waals surface area (Å²) in [6, 6.07) is 14.8. The van der Waals surface area contributed by atoms with Gasteiger partial charge >= 0.3 is 5.97 Å². The molecule has 110 valence electrons. The van der Waals surface area contributed by atoms with Gasteiger partial charge in [0, 0.05) is 10.0 Å². The Balaban J connectivity index is 2.25. The summed E-state index contributed by atoms with van der Waals surface area (Å²) in [7, 11) is 0. The summed E-state index contributed by atoms with van der Waals surface area (Å²) < 4.78 is 5.19. The van der Waals surface area contributed by atoms with E-state index in [9.17, 15) is 4.79 Å². The van der Waals surface area contributed by atoms with E-state index in [0.29, 0.717) is 23.1 Å². The molecule has 0 aromatic heterocycles. The van der Waals surface area contributed by atoms with Gasteiger partial charge in [0.2, 0.25) is 0 Å². The summed E-state index contributed by atoms with van der Waals surface area (Å²) >= 11 is 11.8. The molecule has 2 nitrogen and oxygen atoms in total. The minimum absolute atomic E-state index is 0.227. The molecule has 2 aromatic rings. The quantitative estimate of drug-likeness (QED) is 0.733. The van der Waals surface area contributed by atoms with E-state index >= 15 is 0 Å². The third-order valence-corrected chi connectivity index (χ3v) is 3.70. The lowest BCUT2D eigenvalue weighted by Gasteiger charge is -2.16. The Morgan fingerprint density at radius 1 is 1.00 bits per heavy atom. The molecule has 0 radical (unpaired) electrons. The van der Waals surface area contributed by atoms with Crippen LogP contribution in [-0.4, -0.2) is 12.6 Å². The number of ether oxygens (including phenoxy) is 1. The van der Waals surface area contributed by atoms with Gasteiger partial charge in [-0.25, -0.2) is 0 Å². The standard InChI is InChI=1S/C17H16Cl2O2/c1-2-21-17(20)16(13-5-9-15(19)10-6-13)11-12-3-7-14(18)8-4-12/h3-10,16H,2,11H2,1H3. The molecule has 0 spiro atoms. The lowest BCUT2D eigenvalue weighted by Crippen LogP contribution is -2.18. The van der Waals surface area contributed by atoms with E-state index in [0.717, 1.165) is 11.1 Å².